The van der Waals surface area contributed by atoms with Gasteiger partial charge in [-0.2, -0.15) is 43.8 Å². The van der Waals surface area contributed by atoms with Crippen LogP contribution >= 0.6 is 12.0 Å². The maximum atomic E-state index is 13.5. The van der Waals surface area contributed by atoms with E-state index in [0.717, 1.165) is 19.3 Å². The Labute approximate surface area is 233 Å². The van der Waals surface area contributed by atoms with Crippen molar-refractivity contribution >= 4 is 24.0 Å². The molecule has 214 valence electrons. The van der Waals surface area contributed by atoms with Crippen molar-refractivity contribution in [2.75, 3.05) is 13.2 Å². The summed E-state index contributed by atoms with van der Waals surface area (Å²) in [6.45, 7) is 2.73. The molecule has 0 aliphatic rings. The van der Waals surface area contributed by atoms with Crippen molar-refractivity contribution in [1.29, 1.82) is 0 Å². The minimum absolute atomic E-state index is 0. The van der Waals surface area contributed by atoms with Gasteiger partial charge in [-0.05, 0) is 18.8 Å². The van der Waals surface area contributed by atoms with Crippen LogP contribution in [0.25, 0.3) is 0 Å². The summed E-state index contributed by atoms with van der Waals surface area (Å²) in [4.78, 5) is 24.0. The molecule has 0 aliphatic carbocycles. The molecule has 0 aromatic rings. The molecule has 0 radical (unpaired) electrons. The van der Waals surface area contributed by atoms with Gasteiger partial charge < -0.3 is 14.7 Å². The SMILES string of the molecule is CCCCC(CC)COC(=O)CC(SOO[O-])C(=O)OCCCC(F)(F)C(F)(F)C(F)(F)C(F)(F)F.[Na+]. The van der Waals surface area contributed by atoms with Gasteiger partial charge in [0.05, 0.1) is 19.6 Å². The maximum Gasteiger partial charge on any atom is 1.00 e. The number of carbonyl (C=O) groups is 2. The van der Waals surface area contributed by atoms with Gasteiger partial charge in [-0.1, -0.05) is 33.1 Å². The molecule has 0 saturated heterocycles. The zero-order chi connectivity index (χ0) is 28.2. The number of unbranched alkanes of at least 4 members (excludes halogenated alkanes) is 1. The molecule has 0 aromatic carbocycles. The fraction of sp³-hybridized carbons (Fsp3) is 0.895. The van der Waals surface area contributed by atoms with Gasteiger partial charge in [0.25, 0.3) is 0 Å². The molecule has 0 fully saturated rings. The molecule has 0 aliphatic heterocycles. The molecule has 0 spiro atoms. The van der Waals surface area contributed by atoms with E-state index in [1.165, 1.54) is 0 Å². The molecule has 0 saturated carbocycles. The van der Waals surface area contributed by atoms with Crippen molar-refractivity contribution in [3.63, 3.8) is 0 Å². The minimum Gasteiger partial charge on any atom is -0.691 e. The van der Waals surface area contributed by atoms with Crippen LogP contribution in [-0.4, -0.2) is 54.3 Å². The van der Waals surface area contributed by atoms with Crippen LogP contribution in [0, 0.1) is 5.92 Å². The molecule has 0 aromatic heterocycles. The fourth-order valence-electron chi connectivity index (χ4n) is 2.66. The van der Waals surface area contributed by atoms with E-state index in [0.29, 0.717) is 6.42 Å². The molecular weight excluding hydrogens is 566 g/mol. The largest absolute Gasteiger partial charge is 1.00 e. The van der Waals surface area contributed by atoms with Gasteiger partial charge in [0.2, 0.25) is 0 Å². The van der Waals surface area contributed by atoms with E-state index in [1.807, 2.05) is 13.8 Å². The fourth-order valence-corrected chi connectivity index (χ4v) is 3.14. The molecule has 0 rings (SSSR count). The Balaban J connectivity index is 0. The summed E-state index contributed by atoms with van der Waals surface area (Å²) >= 11 is -0.0166. The van der Waals surface area contributed by atoms with E-state index < -0.39 is 67.0 Å². The minimum atomic E-state index is -7.02. The Bertz CT molecular complexity index is 685. The van der Waals surface area contributed by atoms with Crippen molar-refractivity contribution in [2.24, 2.45) is 5.92 Å². The van der Waals surface area contributed by atoms with Gasteiger partial charge in [0.1, 0.15) is 5.25 Å². The molecule has 18 heteroatoms. The van der Waals surface area contributed by atoms with Crippen molar-refractivity contribution in [2.45, 2.75) is 88.0 Å². The summed E-state index contributed by atoms with van der Waals surface area (Å²) in [5.74, 6) is -21.9. The monoisotopic (exact) mass is 592 g/mol. The number of carbonyl (C=O) groups excluding carboxylic acids is 2. The number of esters is 2. The van der Waals surface area contributed by atoms with E-state index in [-0.39, 0.29) is 54.1 Å². The van der Waals surface area contributed by atoms with E-state index in [4.69, 9.17) is 4.74 Å². The second kappa shape index (κ2) is 17.3. The molecule has 7 nitrogen and oxygen atoms in total. The number of hydrogen-bond donors (Lipinski definition) is 0. The molecular formula is C19H26F9NaO7S. The predicted octanol–water partition coefficient (Wildman–Crippen LogP) is 2.17. The van der Waals surface area contributed by atoms with Crippen LogP contribution in [0.2, 0.25) is 0 Å². The van der Waals surface area contributed by atoms with Crippen LogP contribution < -0.4 is 34.8 Å². The normalized spacial score (nSPS) is 14.5. The smallest absolute Gasteiger partial charge is 0.691 e. The summed E-state index contributed by atoms with van der Waals surface area (Å²) in [5.41, 5.74) is 0. The van der Waals surface area contributed by atoms with Gasteiger partial charge in [0, 0.05) is 18.5 Å². The maximum absolute atomic E-state index is 13.5. The first kappa shape index (κ1) is 38.7. The summed E-state index contributed by atoms with van der Waals surface area (Å²) in [6.07, 6.45) is -7.88. The molecule has 37 heavy (non-hydrogen) atoms. The van der Waals surface area contributed by atoms with Crippen LogP contribution in [0.4, 0.5) is 39.5 Å². The van der Waals surface area contributed by atoms with Crippen LogP contribution in [0.1, 0.15) is 58.8 Å². The van der Waals surface area contributed by atoms with E-state index in [9.17, 15) is 54.4 Å². The number of halogens is 9. The third-order valence-electron chi connectivity index (χ3n) is 4.91. The first-order valence-electron chi connectivity index (χ1n) is 10.6. The van der Waals surface area contributed by atoms with Crippen LogP contribution in [0.3, 0.4) is 0 Å². The zero-order valence-corrected chi connectivity index (χ0v) is 23.0. The van der Waals surface area contributed by atoms with E-state index in [2.05, 4.69) is 14.1 Å². The quantitative estimate of drug-likeness (QED) is 0.0455. The molecule has 0 N–H and O–H groups in total. The molecule has 0 amide bonds. The van der Waals surface area contributed by atoms with Gasteiger partial charge in [-0.3, -0.25) is 14.6 Å². The molecule has 0 bridgehead atoms. The Morgan fingerprint density at radius 2 is 1.51 bits per heavy atom. The van der Waals surface area contributed by atoms with Crippen molar-refractivity contribution in [1.82, 2.24) is 0 Å². The third kappa shape index (κ3) is 12.1. The Morgan fingerprint density at radius 3 is 2.00 bits per heavy atom. The Kier molecular flexibility index (Phi) is 18.1. The second-order valence-corrected chi connectivity index (χ2v) is 8.54. The first-order chi connectivity index (χ1) is 16.5. The predicted molar refractivity (Wildman–Crippen MR) is 104 cm³/mol. The summed E-state index contributed by atoms with van der Waals surface area (Å²) in [5, 5.41) is 11.4. The molecule has 2 atom stereocenters. The zero-order valence-electron chi connectivity index (χ0n) is 20.2. The van der Waals surface area contributed by atoms with Gasteiger partial charge in [0.15, 0.2) is 0 Å². The number of rotatable bonds is 18. The standard InChI is InChI=1S/C19H27F9O7S.Na/c1-3-5-7-12(4-2)11-33-14(29)10-13(36-35-34-31)15(30)32-9-6-8-16(20,21)17(22,23)18(24,25)19(26,27)28;/h12-13,31H,3-11H2,1-2H3;/q;+1/p-1. The van der Waals surface area contributed by atoms with Gasteiger partial charge >= 0.3 is 65.4 Å². The van der Waals surface area contributed by atoms with Gasteiger partial charge in [-0.15, -0.1) is 0 Å². The average molecular weight is 592 g/mol. The van der Waals surface area contributed by atoms with E-state index >= 15 is 0 Å². The van der Waals surface area contributed by atoms with Crippen molar-refractivity contribution in [3.05, 3.63) is 0 Å². The summed E-state index contributed by atoms with van der Waals surface area (Å²) in [6, 6.07) is 0. The van der Waals surface area contributed by atoms with Crippen molar-refractivity contribution in [3.8, 4) is 0 Å². The topological polar surface area (TPSA) is 94.1 Å². The Morgan fingerprint density at radius 1 is 0.919 bits per heavy atom. The van der Waals surface area contributed by atoms with E-state index in [1.54, 1.807) is 0 Å². The molecule has 2 unspecified atom stereocenters. The first-order valence-corrected chi connectivity index (χ1v) is 11.4. The molecule has 0 heterocycles. The third-order valence-corrected chi connectivity index (χ3v) is 5.64. The number of ether oxygens (including phenoxy) is 2. The second-order valence-electron chi connectivity index (χ2n) is 7.65. The summed E-state index contributed by atoms with van der Waals surface area (Å²) in [7, 11) is 0. The van der Waals surface area contributed by atoms with Gasteiger partial charge in [-0.25, -0.2) is 0 Å². The average Bonchev–Trinajstić information content (AvgIpc) is 2.78. The Hall–Kier alpha value is -0.460. The van der Waals surface area contributed by atoms with Crippen LogP contribution in [0.15, 0.2) is 0 Å². The summed E-state index contributed by atoms with van der Waals surface area (Å²) < 4.78 is 129. The van der Waals surface area contributed by atoms with Crippen molar-refractivity contribution < 1.29 is 103 Å². The number of hydrogen-bond acceptors (Lipinski definition) is 8. The number of alkyl halides is 9. The van der Waals surface area contributed by atoms with Crippen LogP contribution in [0.5, 0.6) is 0 Å². The van der Waals surface area contributed by atoms with Crippen LogP contribution in [-0.2, 0) is 28.4 Å².